The molecule has 0 saturated carbocycles. The van der Waals surface area contributed by atoms with Gasteiger partial charge in [0.25, 0.3) is 5.91 Å². The Balaban J connectivity index is 1.16. The maximum Gasteiger partial charge on any atom is 0.260 e. The zero-order chi connectivity index (χ0) is 20.7. The summed E-state index contributed by atoms with van der Waals surface area (Å²) in [6, 6.07) is 11.3. The van der Waals surface area contributed by atoms with E-state index in [4.69, 9.17) is 14.0 Å². The van der Waals surface area contributed by atoms with Crippen molar-refractivity contribution in [1.29, 1.82) is 0 Å². The average Bonchev–Trinajstić information content (AvgIpc) is 3.29. The fourth-order valence-electron chi connectivity index (χ4n) is 3.77. The van der Waals surface area contributed by atoms with Gasteiger partial charge in [0.15, 0.2) is 18.1 Å². The number of amides is 1. The van der Waals surface area contributed by atoms with Gasteiger partial charge in [-0.15, -0.1) is 0 Å². The summed E-state index contributed by atoms with van der Waals surface area (Å²) >= 11 is 0. The van der Waals surface area contributed by atoms with Gasteiger partial charge in [-0.2, -0.15) is 4.98 Å². The standard InChI is InChI=1S/C22H22N4O4/c1-22(2)10-14-6-5-8-17(19(14)29-22)28-13-18(27)26-11-15(12-26)21-24-20(25-30-21)16-7-3-4-9-23-16/h3-9,15H,10-13H2,1-2H3. The minimum absolute atomic E-state index is 0.0315. The molecule has 0 atom stereocenters. The number of aromatic nitrogens is 3. The fraction of sp³-hybridized carbons (Fsp3) is 0.364. The molecule has 154 valence electrons. The Morgan fingerprint density at radius 3 is 2.90 bits per heavy atom. The molecule has 2 aromatic heterocycles. The smallest absolute Gasteiger partial charge is 0.260 e. The number of nitrogens with zero attached hydrogens (tertiary/aromatic N) is 4. The molecule has 30 heavy (non-hydrogen) atoms. The third kappa shape index (κ3) is 3.49. The minimum Gasteiger partial charge on any atom is -0.483 e. The van der Waals surface area contributed by atoms with Crippen molar-refractivity contribution in [3.63, 3.8) is 0 Å². The van der Waals surface area contributed by atoms with Crippen LogP contribution in [0.1, 0.15) is 31.2 Å². The molecule has 8 nitrogen and oxygen atoms in total. The van der Waals surface area contributed by atoms with Gasteiger partial charge in [-0.05, 0) is 32.0 Å². The lowest BCUT2D eigenvalue weighted by atomic mass is 10.0. The molecular weight excluding hydrogens is 384 g/mol. The molecule has 2 aliphatic heterocycles. The largest absolute Gasteiger partial charge is 0.483 e. The summed E-state index contributed by atoms with van der Waals surface area (Å²) in [6.45, 7) is 5.11. The first-order valence-corrected chi connectivity index (χ1v) is 9.95. The maximum atomic E-state index is 12.5. The Hall–Kier alpha value is -3.42. The van der Waals surface area contributed by atoms with Gasteiger partial charge < -0.3 is 18.9 Å². The van der Waals surface area contributed by atoms with E-state index >= 15 is 0 Å². The second-order valence-electron chi connectivity index (χ2n) is 8.24. The molecule has 0 spiro atoms. The maximum absolute atomic E-state index is 12.5. The van der Waals surface area contributed by atoms with E-state index in [1.807, 2.05) is 50.2 Å². The molecule has 0 N–H and O–H groups in total. The minimum atomic E-state index is -0.255. The summed E-state index contributed by atoms with van der Waals surface area (Å²) in [5.74, 6) is 2.29. The molecule has 0 bridgehead atoms. The van der Waals surface area contributed by atoms with Crippen LogP contribution in [0, 0.1) is 0 Å². The van der Waals surface area contributed by atoms with Gasteiger partial charge in [-0.3, -0.25) is 9.78 Å². The average molecular weight is 406 g/mol. The van der Waals surface area contributed by atoms with Crippen LogP contribution in [-0.2, 0) is 11.2 Å². The van der Waals surface area contributed by atoms with Crippen molar-refractivity contribution >= 4 is 5.91 Å². The number of hydrogen-bond acceptors (Lipinski definition) is 7. The summed E-state index contributed by atoms with van der Waals surface area (Å²) in [7, 11) is 0. The number of ether oxygens (including phenoxy) is 2. The topological polar surface area (TPSA) is 90.6 Å². The normalized spacial score (nSPS) is 17.2. The predicted molar refractivity (Wildman–Crippen MR) is 107 cm³/mol. The van der Waals surface area contributed by atoms with E-state index < -0.39 is 0 Å². The first kappa shape index (κ1) is 18.6. The Bertz CT molecular complexity index is 1070. The fourth-order valence-corrected chi connectivity index (χ4v) is 3.77. The second-order valence-corrected chi connectivity index (χ2v) is 8.24. The van der Waals surface area contributed by atoms with Gasteiger partial charge in [0.2, 0.25) is 11.7 Å². The summed E-state index contributed by atoms with van der Waals surface area (Å²) < 4.78 is 17.1. The molecule has 1 aromatic carbocycles. The second kappa shape index (κ2) is 7.12. The van der Waals surface area contributed by atoms with Crippen LogP contribution in [0.3, 0.4) is 0 Å². The number of rotatable bonds is 5. The Morgan fingerprint density at radius 1 is 1.23 bits per heavy atom. The van der Waals surface area contributed by atoms with Crippen LogP contribution in [0.5, 0.6) is 11.5 Å². The number of benzene rings is 1. The molecule has 0 unspecified atom stereocenters. The first-order valence-electron chi connectivity index (χ1n) is 9.95. The van der Waals surface area contributed by atoms with Gasteiger partial charge >= 0.3 is 0 Å². The zero-order valence-electron chi connectivity index (χ0n) is 16.9. The molecule has 1 amide bonds. The monoisotopic (exact) mass is 406 g/mol. The van der Waals surface area contributed by atoms with E-state index in [0.717, 1.165) is 17.7 Å². The molecule has 4 heterocycles. The van der Waals surface area contributed by atoms with Crippen LogP contribution >= 0.6 is 0 Å². The van der Waals surface area contributed by atoms with E-state index in [1.54, 1.807) is 11.1 Å². The molecule has 5 rings (SSSR count). The lowest BCUT2D eigenvalue weighted by Gasteiger charge is -2.36. The quantitative estimate of drug-likeness (QED) is 0.643. The third-order valence-electron chi connectivity index (χ3n) is 5.33. The SMILES string of the molecule is CC1(C)Cc2cccc(OCC(=O)N3CC(c4nc(-c5ccccn5)no4)C3)c2O1. The van der Waals surface area contributed by atoms with Crippen molar-refractivity contribution in [2.24, 2.45) is 0 Å². The summed E-state index contributed by atoms with van der Waals surface area (Å²) in [5.41, 5.74) is 1.51. The lowest BCUT2D eigenvalue weighted by molar-refractivity contribution is -0.138. The van der Waals surface area contributed by atoms with Gasteiger partial charge in [0.1, 0.15) is 11.3 Å². The lowest BCUT2D eigenvalue weighted by Crippen LogP contribution is -2.50. The number of carbonyl (C=O) groups excluding carboxylic acids is 1. The van der Waals surface area contributed by atoms with E-state index in [9.17, 15) is 4.79 Å². The molecule has 0 aliphatic carbocycles. The van der Waals surface area contributed by atoms with E-state index in [1.165, 1.54) is 0 Å². The highest BCUT2D eigenvalue weighted by atomic mass is 16.5. The highest BCUT2D eigenvalue weighted by Gasteiger charge is 2.36. The zero-order valence-corrected chi connectivity index (χ0v) is 16.9. The van der Waals surface area contributed by atoms with Crippen LogP contribution < -0.4 is 9.47 Å². The number of carbonyl (C=O) groups is 1. The van der Waals surface area contributed by atoms with Crippen LogP contribution in [0.4, 0.5) is 0 Å². The molecule has 3 aromatic rings. The first-order chi connectivity index (χ1) is 14.5. The van der Waals surface area contributed by atoms with Gasteiger partial charge in [0.05, 0.1) is 5.92 Å². The highest BCUT2D eigenvalue weighted by molar-refractivity contribution is 5.79. The predicted octanol–water partition coefficient (Wildman–Crippen LogP) is 2.85. The van der Waals surface area contributed by atoms with Crippen molar-refractivity contribution in [3.05, 3.63) is 54.0 Å². The van der Waals surface area contributed by atoms with E-state index in [0.29, 0.717) is 36.2 Å². The molecule has 1 saturated heterocycles. The van der Waals surface area contributed by atoms with Crippen molar-refractivity contribution in [3.8, 4) is 23.0 Å². The van der Waals surface area contributed by atoms with Gasteiger partial charge in [-0.1, -0.05) is 23.4 Å². The summed E-state index contributed by atoms with van der Waals surface area (Å²) in [5, 5.41) is 3.99. The van der Waals surface area contributed by atoms with Gasteiger partial charge in [-0.25, -0.2) is 0 Å². The van der Waals surface area contributed by atoms with Gasteiger partial charge in [0, 0.05) is 31.3 Å². The summed E-state index contributed by atoms with van der Waals surface area (Å²) in [4.78, 5) is 22.9. The van der Waals surface area contributed by atoms with Crippen LogP contribution in [-0.4, -0.2) is 51.2 Å². The molecule has 2 aliphatic rings. The number of likely N-dealkylation sites (tertiary alicyclic amines) is 1. The highest BCUT2D eigenvalue weighted by Crippen LogP contribution is 2.41. The Morgan fingerprint density at radius 2 is 2.10 bits per heavy atom. The number of fused-ring (bicyclic) bond motifs is 1. The summed E-state index contributed by atoms with van der Waals surface area (Å²) in [6.07, 6.45) is 2.51. The van der Waals surface area contributed by atoms with Crippen LogP contribution in [0.15, 0.2) is 47.1 Å². The Labute approximate surface area is 173 Å². The molecular formula is C22H22N4O4. The Kier molecular flexibility index (Phi) is 4.42. The number of para-hydroxylation sites is 1. The van der Waals surface area contributed by atoms with E-state index in [2.05, 4.69) is 15.1 Å². The van der Waals surface area contributed by atoms with Crippen LogP contribution in [0.25, 0.3) is 11.5 Å². The van der Waals surface area contributed by atoms with Crippen molar-refractivity contribution in [2.75, 3.05) is 19.7 Å². The van der Waals surface area contributed by atoms with Crippen molar-refractivity contribution < 1.29 is 18.8 Å². The molecule has 0 radical (unpaired) electrons. The number of hydrogen-bond donors (Lipinski definition) is 0. The van der Waals surface area contributed by atoms with E-state index in [-0.39, 0.29) is 24.0 Å². The van der Waals surface area contributed by atoms with Crippen LogP contribution in [0.2, 0.25) is 0 Å². The van der Waals surface area contributed by atoms with Crippen molar-refractivity contribution in [2.45, 2.75) is 31.8 Å². The van der Waals surface area contributed by atoms with Crippen molar-refractivity contribution in [1.82, 2.24) is 20.0 Å². The molecule has 1 fully saturated rings. The number of pyridine rings is 1. The molecule has 8 heteroatoms. The third-order valence-corrected chi connectivity index (χ3v) is 5.33.